The maximum atomic E-state index is 13.5. The summed E-state index contributed by atoms with van der Waals surface area (Å²) in [6, 6.07) is 11.7. The largest absolute Gasteiger partial charge is 0.299 e. The highest BCUT2D eigenvalue weighted by molar-refractivity contribution is 9.10. The van der Waals surface area contributed by atoms with E-state index in [4.69, 9.17) is 11.6 Å². The summed E-state index contributed by atoms with van der Waals surface area (Å²) in [4.78, 5) is 11.9. The molecule has 0 bridgehead atoms. The lowest BCUT2D eigenvalue weighted by Gasteiger charge is -2.04. The second-order valence-corrected chi connectivity index (χ2v) is 5.61. The van der Waals surface area contributed by atoms with Gasteiger partial charge in [0.05, 0.1) is 0 Å². The molecule has 0 aromatic heterocycles. The number of halogens is 3. The van der Waals surface area contributed by atoms with Crippen LogP contribution in [0.3, 0.4) is 0 Å². The summed E-state index contributed by atoms with van der Waals surface area (Å²) in [5.74, 6) is -0.401. The van der Waals surface area contributed by atoms with E-state index >= 15 is 0 Å². The summed E-state index contributed by atoms with van der Waals surface area (Å²) in [6.07, 6.45) is 0.338. The first-order chi connectivity index (χ1) is 9.04. The van der Waals surface area contributed by atoms with E-state index in [9.17, 15) is 9.18 Å². The molecule has 0 saturated heterocycles. The van der Waals surface area contributed by atoms with Gasteiger partial charge in [-0.2, -0.15) is 0 Å². The zero-order chi connectivity index (χ0) is 13.8. The first-order valence-electron chi connectivity index (χ1n) is 5.74. The van der Waals surface area contributed by atoms with Crippen molar-refractivity contribution in [3.05, 3.63) is 68.9 Å². The number of hydrogen-bond acceptors (Lipinski definition) is 1. The van der Waals surface area contributed by atoms with Crippen LogP contribution in [0.4, 0.5) is 4.39 Å². The van der Waals surface area contributed by atoms with Crippen LogP contribution >= 0.6 is 27.5 Å². The fourth-order valence-electron chi connectivity index (χ4n) is 1.83. The third kappa shape index (κ3) is 4.15. The fourth-order valence-corrected chi connectivity index (χ4v) is 2.45. The minimum atomic E-state index is -0.359. The zero-order valence-electron chi connectivity index (χ0n) is 10.00. The molecule has 98 valence electrons. The highest BCUT2D eigenvalue weighted by Crippen LogP contribution is 2.17. The van der Waals surface area contributed by atoms with E-state index < -0.39 is 0 Å². The average molecular weight is 342 g/mol. The van der Waals surface area contributed by atoms with Gasteiger partial charge in [-0.1, -0.05) is 39.7 Å². The van der Waals surface area contributed by atoms with E-state index in [0.29, 0.717) is 10.6 Å². The van der Waals surface area contributed by atoms with Crippen LogP contribution in [0.2, 0.25) is 5.02 Å². The smallest absolute Gasteiger partial charge is 0.141 e. The monoisotopic (exact) mass is 340 g/mol. The van der Waals surface area contributed by atoms with Gasteiger partial charge < -0.3 is 0 Å². The molecule has 1 nitrogen and oxygen atoms in total. The van der Waals surface area contributed by atoms with Crippen LogP contribution in [0.15, 0.2) is 46.9 Å². The topological polar surface area (TPSA) is 17.1 Å². The van der Waals surface area contributed by atoms with Crippen molar-refractivity contribution in [2.75, 3.05) is 0 Å². The summed E-state index contributed by atoms with van der Waals surface area (Å²) in [6.45, 7) is 0. The van der Waals surface area contributed by atoms with Gasteiger partial charge in [0.15, 0.2) is 0 Å². The molecule has 2 rings (SSSR count). The van der Waals surface area contributed by atoms with Gasteiger partial charge in [-0.05, 0) is 41.5 Å². The number of ketones is 1. The molecule has 19 heavy (non-hydrogen) atoms. The minimum Gasteiger partial charge on any atom is -0.299 e. The summed E-state index contributed by atoms with van der Waals surface area (Å²) in [5, 5.41) is 0.596. The second kappa shape index (κ2) is 6.31. The standard InChI is InChI=1S/C15H11BrClFO/c16-12-4-5-15(18)11(8-12)9-14(19)7-10-2-1-3-13(17)6-10/h1-6,8H,7,9H2. The highest BCUT2D eigenvalue weighted by atomic mass is 79.9. The number of carbonyl (C=O) groups is 1. The Morgan fingerprint density at radius 3 is 2.68 bits per heavy atom. The average Bonchev–Trinajstić information content (AvgIpc) is 2.34. The predicted octanol–water partition coefficient (Wildman–Crippen LogP) is 4.60. The van der Waals surface area contributed by atoms with E-state index in [2.05, 4.69) is 15.9 Å². The first kappa shape index (κ1) is 14.2. The van der Waals surface area contributed by atoms with Gasteiger partial charge in [0.1, 0.15) is 11.6 Å². The first-order valence-corrected chi connectivity index (χ1v) is 6.92. The van der Waals surface area contributed by atoms with Crippen molar-refractivity contribution >= 4 is 33.3 Å². The lowest BCUT2D eigenvalue weighted by atomic mass is 10.0. The van der Waals surface area contributed by atoms with Gasteiger partial charge in [0.2, 0.25) is 0 Å². The molecule has 0 spiro atoms. The molecule has 0 atom stereocenters. The number of carbonyl (C=O) groups excluding carboxylic acids is 1. The molecule has 0 aliphatic carbocycles. The molecule has 0 aliphatic heterocycles. The van der Waals surface area contributed by atoms with E-state index in [1.807, 2.05) is 6.07 Å². The molecule has 0 aliphatic rings. The van der Waals surface area contributed by atoms with Crippen molar-refractivity contribution in [3.8, 4) is 0 Å². The van der Waals surface area contributed by atoms with Crippen LogP contribution in [-0.2, 0) is 17.6 Å². The van der Waals surface area contributed by atoms with Crippen LogP contribution in [0.1, 0.15) is 11.1 Å². The number of hydrogen-bond donors (Lipinski definition) is 0. The molecular formula is C15H11BrClFO. The SMILES string of the molecule is O=C(Cc1cccc(Cl)c1)Cc1cc(Br)ccc1F. The Bertz CT molecular complexity index is 613. The van der Waals surface area contributed by atoms with Crippen molar-refractivity contribution in [1.82, 2.24) is 0 Å². The van der Waals surface area contributed by atoms with Crippen LogP contribution < -0.4 is 0 Å². The molecule has 0 N–H and O–H groups in total. The summed E-state index contributed by atoms with van der Waals surface area (Å²) in [7, 11) is 0. The highest BCUT2D eigenvalue weighted by Gasteiger charge is 2.10. The number of Topliss-reactive ketones (excluding diaryl/α,β-unsaturated/α-hetero) is 1. The van der Waals surface area contributed by atoms with Gasteiger partial charge in [-0.15, -0.1) is 0 Å². The summed E-state index contributed by atoms with van der Waals surface area (Å²) in [5.41, 5.74) is 1.24. The lowest BCUT2D eigenvalue weighted by molar-refractivity contribution is -0.117. The molecule has 2 aromatic carbocycles. The van der Waals surface area contributed by atoms with E-state index in [0.717, 1.165) is 10.0 Å². The van der Waals surface area contributed by atoms with Crippen molar-refractivity contribution < 1.29 is 9.18 Å². The maximum absolute atomic E-state index is 13.5. The lowest BCUT2D eigenvalue weighted by Crippen LogP contribution is -2.08. The minimum absolute atomic E-state index is 0.0423. The van der Waals surface area contributed by atoms with Crippen molar-refractivity contribution in [2.45, 2.75) is 12.8 Å². The summed E-state index contributed by atoms with van der Waals surface area (Å²) >= 11 is 9.12. The number of rotatable bonds is 4. The second-order valence-electron chi connectivity index (χ2n) is 4.26. The Labute approximate surface area is 124 Å². The molecule has 0 heterocycles. The Balaban J connectivity index is 2.07. The van der Waals surface area contributed by atoms with Crippen LogP contribution in [0.25, 0.3) is 0 Å². The third-order valence-electron chi connectivity index (χ3n) is 2.69. The van der Waals surface area contributed by atoms with Crippen molar-refractivity contribution in [3.63, 3.8) is 0 Å². The van der Waals surface area contributed by atoms with E-state index in [-0.39, 0.29) is 24.4 Å². The third-order valence-corrected chi connectivity index (χ3v) is 3.41. The van der Waals surface area contributed by atoms with Crippen molar-refractivity contribution in [1.29, 1.82) is 0 Å². The molecule has 0 saturated carbocycles. The predicted molar refractivity (Wildman–Crippen MR) is 78.0 cm³/mol. The molecule has 0 amide bonds. The Hall–Kier alpha value is -1.19. The van der Waals surface area contributed by atoms with Gasteiger partial charge in [0, 0.05) is 22.3 Å². The maximum Gasteiger partial charge on any atom is 0.141 e. The molecule has 0 radical (unpaired) electrons. The summed E-state index contributed by atoms with van der Waals surface area (Å²) < 4.78 is 14.3. The van der Waals surface area contributed by atoms with Gasteiger partial charge >= 0.3 is 0 Å². The number of benzene rings is 2. The Kier molecular flexibility index (Phi) is 4.72. The van der Waals surface area contributed by atoms with E-state index in [1.165, 1.54) is 6.07 Å². The molecule has 4 heteroatoms. The van der Waals surface area contributed by atoms with Gasteiger partial charge in [-0.3, -0.25) is 4.79 Å². The van der Waals surface area contributed by atoms with Crippen LogP contribution in [-0.4, -0.2) is 5.78 Å². The molecule has 0 fully saturated rings. The molecule has 0 unspecified atom stereocenters. The van der Waals surface area contributed by atoms with Crippen LogP contribution in [0, 0.1) is 5.82 Å². The van der Waals surface area contributed by atoms with E-state index in [1.54, 1.807) is 30.3 Å². The Morgan fingerprint density at radius 1 is 1.16 bits per heavy atom. The quantitative estimate of drug-likeness (QED) is 0.794. The van der Waals surface area contributed by atoms with Crippen molar-refractivity contribution in [2.24, 2.45) is 0 Å². The van der Waals surface area contributed by atoms with Crippen LogP contribution in [0.5, 0.6) is 0 Å². The zero-order valence-corrected chi connectivity index (χ0v) is 12.3. The van der Waals surface area contributed by atoms with Gasteiger partial charge in [0.25, 0.3) is 0 Å². The molecular weight excluding hydrogens is 331 g/mol. The Morgan fingerprint density at radius 2 is 1.95 bits per heavy atom. The molecule has 2 aromatic rings. The van der Waals surface area contributed by atoms with Gasteiger partial charge in [-0.25, -0.2) is 4.39 Å². The normalized spacial score (nSPS) is 10.5. The fraction of sp³-hybridized carbons (Fsp3) is 0.133.